The van der Waals surface area contributed by atoms with Gasteiger partial charge in [0, 0.05) is 18.2 Å². The second kappa shape index (κ2) is 6.66. The molecule has 0 saturated carbocycles. The second-order valence-corrected chi connectivity index (χ2v) is 7.90. The lowest BCUT2D eigenvalue weighted by molar-refractivity contribution is 0.429. The first-order valence-corrected chi connectivity index (χ1v) is 9.36. The van der Waals surface area contributed by atoms with Gasteiger partial charge in [0.05, 0.1) is 6.54 Å². The third kappa shape index (κ3) is 3.58. The quantitative estimate of drug-likeness (QED) is 0.643. The molecule has 0 aliphatic carbocycles. The van der Waals surface area contributed by atoms with Gasteiger partial charge in [0.2, 0.25) is 5.96 Å². The van der Waals surface area contributed by atoms with E-state index in [1.807, 2.05) is 13.8 Å². The predicted molar refractivity (Wildman–Crippen MR) is 87.9 cm³/mol. The summed E-state index contributed by atoms with van der Waals surface area (Å²) in [6, 6.07) is 2.71. The topological polar surface area (TPSA) is 94.4 Å². The van der Waals surface area contributed by atoms with Crippen LogP contribution in [0.2, 0.25) is 0 Å². The zero-order chi connectivity index (χ0) is 16.3. The molecule has 22 heavy (non-hydrogen) atoms. The Morgan fingerprint density at radius 2 is 2.27 bits per heavy atom. The molecule has 2 N–H and O–H groups in total. The Balaban J connectivity index is 2.22. The van der Waals surface area contributed by atoms with Crippen LogP contribution in [0.25, 0.3) is 0 Å². The van der Waals surface area contributed by atoms with Gasteiger partial charge < -0.3 is 5.11 Å². The van der Waals surface area contributed by atoms with Crippen molar-refractivity contribution in [1.82, 2.24) is 9.73 Å². The first-order valence-electron chi connectivity index (χ1n) is 7.06. The third-order valence-corrected chi connectivity index (χ3v) is 6.07. The van der Waals surface area contributed by atoms with E-state index in [4.69, 9.17) is 0 Å². The predicted octanol–water partition coefficient (Wildman–Crippen LogP) is 1.83. The van der Waals surface area contributed by atoms with Gasteiger partial charge in [-0.25, -0.2) is 18.1 Å². The molecule has 1 atom stereocenters. The van der Waals surface area contributed by atoms with Crippen molar-refractivity contribution in [3.8, 4) is 5.06 Å². The lowest BCUT2D eigenvalue weighted by Gasteiger charge is -2.18. The van der Waals surface area contributed by atoms with Crippen LogP contribution in [-0.4, -0.2) is 43.3 Å². The highest BCUT2D eigenvalue weighted by Crippen LogP contribution is 2.26. The number of sulfonamides is 1. The minimum Gasteiger partial charge on any atom is -0.499 e. The number of guanidine groups is 1. The SMILES string of the molecule is CCN=C(NS(=O)(=O)c1ccc(O)s1)N1CC(CC)C(C)=N1. The van der Waals surface area contributed by atoms with Gasteiger partial charge in [0.15, 0.2) is 5.06 Å². The second-order valence-electron chi connectivity index (χ2n) is 4.92. The van der Waals surface area contributed by atoms with Gasteiger partial charge in [-0.2, -0.15) is 5.10 Å². The number of hydrogen-bond acceptors (Lipinski definition) is 6. The molecule has 0 spiro atoms. The van der Waals surface area contributed by atoms with Gasteiger partial charge in [0.25, 0.3) is 10.0 Å². The minimum atomic E-state index is -3.77. The van der Waals surface area contributed by atoms with Crippen molar-refractivity contribution in [3.05, 3.63) is 12.1 Å². The molecule has 0 fully saturated rings. The molecule has 2 heterocycles. The number of hydrazone groups is 1. The smallest absolute Gasteiger partial charge is 0.273 e. The molecule has 122 valence electrons. The molecule has 2 rings (SSSR count). The summed E-state index contributed by atoms with van der Waals surface area (Å²) in [5, 5.41) is 15.3. The highest BCUT2D eigenvalue weighted by molar-refractivity contribution is 7.92. The molecule has 0 bridgehead atoms. The van der Waals surface area contributed by atoms with Crippen molar-refractivity contribution >= 4 is 33.0 Å². The van der Waals surface area contributed by atoms with Crippen LogP contribution in [0.3, 0.4) is 0 Å². The number of aliphatic imine (C=N–C) groups is 1. The summed E-state index contributed by atoms with van der Waals surface area (Å²) in [7, 11) is -3.77. The van der Waals surface area contributed by atoms with Gasteiger partial charge >= 0.3 is 0 Å². The number of aromatic hydroxyl groups is 1. The van der Waals surface area contributed by atoms with E-state index in [2.05, 4.69) is 21.7 Å². The molecule has 1 aromatic heterocycles. The molecule has 7 nitrogen and oxygen atoms in total. The Morgan fingerprint density at radius 3 is 2.77 bits per heavy atom. The number of hydrogen-bond donors (Lipinski definition) is 2. The normalized spacial score (nSPS) is 19.4. The van der Waals surface area contributed by atoms with Gasteiger partial charge in [-0.05, 0) is 32.4 Å². The molecule has 1 unspecified atom stereocenters. The van der Waals surface area contributed by atoms with Crippen molar-refractivity contribution in [2.24, 2.45) is 16.0 Å². The van der Waals surface area contributed by atoms with E-state index in [9.17, 15) is 13.5 Å². The maximum absolute atomic E-state index is 12.4. The van der Waals surface area contributed by atoms with E-state index in [0.717, 1.165) is 23.5 Å². The van der Waals surface area contributed by atoms with Crippen LogP contribution < -0.4 is 4.72 Å². The summed E-state index contributed by atoms with van der Waals surface area (Å²) >= 11 is 0.799. The van der Waals surface area contributed by atoms with Gasteiger partial charge in [-0.1, -0.05) is 18.3 Å². The summed E-state index contributed by atoms with van der Waals surface area (Å²) in [5.74, 6) is 0.517. The van der Waals surface area contributed by atoms with E-state index in [0.29, 0.717) is 19.0 Å². The molecule has 1 aromatic rings. The molecular formula is C13H20N4O3S2. The standard InChI is InChI=1S/C13H20N4O3S2/c1-4-10-8-17(15-9(10)3)13(14-5-2)16-22(19,20)12-7-6-11(18)21-12/h6-7,10,18H,4-5,8H2,1-3H3,(H,14,16). The van der Waals surface area contributed by atoms with Crippen LogP contribution in [0.1, 0.15) is 27.2 Å². The van der Waals surface area contributed by atoms with E-state index in [-0.39, 0.29) is 15.2 Å². The monoisotopic (exact) mass is 344 g/mol. The molecule has 0 amide bonds. The molecule has 0 radical (unpaired) electrons. The van der Waals surface area contributed by atoms with Crippen LogP contribution in [0, 0.1) is 5.92 Å². The largest absolute Gasteiger partial charge is 0.499 e. The van der Waals surface area contributed by atoms with E-state index >= 15 is 0 Å². The Morgan fingerprint density at radius 1 is 1.55 bits per heavy atom. The van der Waals surface area contributed by atoms with Crippen molar-refractivity contribution in [1.29, 1.82) is 0 Å². The van der Waals surface area contributed by atoms with Crippen LogP contribution in [0.15, 0.2) is 26.4 Å². The molecule has 9 heteroatoms. The highest BCUT2D eigenvalue weighted by Gasteiger charge is 2.28. The Kier molecular flexibility index (Phi) is 5.07. The summed E-state index contributed by atoms with van der Waals surface area (Å²) in [6.45, 7) is 6.88. The van der Waals surface area contributed by atoms with Crippen LogP contribution in [-0.2, 0) is 10.0 Å². The molecule has 0 saturated heterocycles. The number of nitrogens with one attached hydrogen (secondary N) is 1. The van der Waals surface area contributed by atoms with E-state index in [1.54, 1.807) is 5.01 Å². The maximum Gasteiger partial charge on any atom is 0.273 e. The summed E-state index contributed by atoms with van der Waals surface area (Å²) in [5.41, 5.74) is 0.972. The number of nitrogens with zero attached hydrogens (tertiary/aromatic N) is 3. The maximum atomic E-state index is 12.4. The third-order valence-electron chi connectivity index (χ3n) is 3.37. The fraction of sp³-hybridized carbons (Fsp3) is 0.538. The van der Waals surface area contributed by atoms with Crippen molar-refractivity contribution < 1.29 is 13.5 Å². The van der Waals surface area contributed by atoms with Crippen molar-refractivity contribution in [2.75, 3.05) is 13.1 Å². The van der Waals surface area contributed by atoms with Gasteiger partial charge in [-0.15, -0.1) is 0 Å². The van der Waals surface area contributed by atoms with E-state index < -0.39 is 10.0 Å². The minimum absolute atomic E-state index is 0.0424. The van der Waals surface area contributed by atoms with Crippen molar-refractivity contribution in [2.45, 2.75) is 31.4 Å². The summed E-state index contributed by atoms with van der Waals surface area (Å²) in [6.07, 6.45) is 0.941. The fourth-order valence-corrected chi connectivity index (χ4v) is 4.21. The molecule has 1 aliphatic rings. The average Bonchev–Trinajstić information content (AvgIpc) is 3.04. The van der Waals surface area contributed by atoms with Crippen molar-refractivity contribution in [3.63, 3.8) is 0 Å². The number of thiophene rings is 1. The highest BCUT2D eigenvalue weighted by atomic mass is 32.2. The molecule has 0 aromatic carbocycles. The lowest BCUT2D eigenvalue weighted by atomic mass is 10.0. The summed E-state index contributed by atoms with van der Waals surface area (Å²) < 4.78 is 27.2. The first-order chi connectivity index (χ1) is 10.4. The van der Waals surface area contributed by atoms with Crippen LogP contribution in [0.5, 0.6) is 5.06 Å². The Labute approximate surface area is 134 Å². The van der Waals surface area contributed by atoms with Crippen LogP contribution in [0.4, 0.5) is 0 Å². The fourth-order valence-electron chi connectivity index (χ4n) is 2.15. The first kappa shape index (κ1) is 16.8. The van der Waals surface area contributed by atoms with Gasteiger partial charge in [0.1, 0.15) is 4.21 Å². The Hall–Kier alpha value is -1.61. The zero-order valence-electron chi connectivity index (χ0n) is 12.8. The van der Waals surface area contributed by atoms with E-state index in [1.165, 1.54) is 12.1 Å². The lowest BCUT2D eigenvalue weighted by Crippen LogP contribution is -2.41. The van der Waals surface area contributed by atoms with Crippen LogP contribution >= 0.6 is 11.3 Å². The molecule has 1 aliphatic heterocycles. The summed E-state index contributed by atoms with van der Waals surface area (Å²) in [4.78, 5) is 4.21. The Bertz CT molecular complexity index is 694. The zero-order valence-corrected chi connectivity index (χ0v) is 14.4. The average molecular weight is 344 g/mol. The van der Waals surface area contributed by atoms with Gasteiger partial charge in [-0.3, -0.25) is 4.99 Å². The molecular weight excluding hydrogens is 324 g/mol. The number of rotatable bonds is 4.